The van der Waals surface area contributed by atoms with Crippen LogP contribution in [0.3, 0.4) is 0 Å². The first kappa shape index (κ1) is 20.5. The zero-order valence-corrected chi connectivity index (χ0v) is 17.8. The molecule has 0 bridgehead atoms. The van der Waals surface area contributed by atoms with Gasteiger partial charge in [-0.25, -0.2) is 12.8 Å². The van der Waals surface area contributed by atoms with Crippen molar-refractivity contribution in [3.63, 3.8) is 0 Å². The van der Waals surface area contributed by atoms with E-state index in [0.29, 0.717) is 48.4 Å². The molecule has 3 aliphatic rings. The highest BCUT2D eigenvalue weighted by Crippen LogP contribution is 2.54. The van der Waals surface area contributed by atoms with Gasteiger partial charge in [-0.1, -0.05) is 18.6 Å². The van der Waals surface area contributed by atoms with E-state index in [9.17, 15) is 22.4 Å². The third-order valence-electron chi connectivity index (χ3n) is 6.21. The number of amides is 2. The molecule has 5 rings (SSSR count). The maximum absolute atomic E-state index is 14.1. The number of fused-ring (bicyclic) bond motifs is 2. The van der Waals surface area contributed by atoms with Crippen LogP contribution in [-0.2, 0) is 25.0 Å². The van der Waals surface area contributed by atoms with E-state index in [1.807, 2.05) is 0 Å². The molecule has 2 aromatic carbocycles. The van der Waals surface area contributed by atoms with Gasteiger partial charge in [0.05, 0.1) is 22.5 Å². The lowest BCUT2D eigenvalue weighted by Crippen LogP contribution is -2.40. The van der Waals surface area contributed by atoms with Crippen LogP contribution < -0.4 is 20.7 Å². The highest BCUT2D eigenvalue weighted by Gasteiger charge is 2.52. The summed E-state index contributed by atoms with van der Waals surface area (Å²) in [4.78, 5) is 24.1. The number of rotatable bonds is 5. The Bertz CT molecular complexity index is 1280. The monoisotopic (exact) mass is 456 g/mol. The molecule has 8 nitrogen and oxygen atoms in total. The number of hydrogen-bond donors (Lipinski definition) is 4. The zero-order chi connectivity index (χ0) is 22.5. The van der Waals surface area contributed by atoms with Gasteiger partial charge in [0.25, 0.3) is 10.0 Å². The molecule has 0 radical (unpaired) electrons. The van der Waals surface area contributed by atoms with Crippen LogP contribution >= 0.6 is 0 Å². The van der Waals surface area contributed by atoms with Crippen molar-refractivity contribution in [3.8, 4) is 0 Å². The smallest absolute Gasteiger partial charge is 0.264 e. The number of sulfonamides is 1. The van der Waals surface area contributed by atoms with Gasteiger partial charge < -0.3 is 16.0 Å². The summed E-state index contributed by atoms with van der Waals surface area (Å²) in [6.45, 7) is 0.468. The van der Waals surface area contributed by atoms with Crippen LogP contribution in [0.2, 0.25) is 0 Å². The predicted octanol–water partition coefficient (Wildman–Crippen LogP) is 2.82. The second kappa shape index (κ2) is 7.33. The standard InChI is InChI=1S/C22H21FN4O4S/c23-16-4-1-2-5-18(16)32(30,31)27-14-10-15-20(26-21(29)22(15)7-3-8-22)17(11-14)25-13-6-9-24-19(28)12-13/h1-2,4-5,10-12,25,27H,3,6-9H2,(H,24,28)(H,26,29). The van der Waals surface area contributed by atoms with Gasteiger partial charge in [-0.05, 0) is 42.7 Å². The van der Waals surface area contributed by atoms with E-state index in [0.717, 1.165) is 12.5 Å². The molecule has 32 heavy (non-hydrogen) atoms. The van der Waals surface area contributed by atoms with Crippen LogP contribution in [0, 0.1) is 5.82 Å². The Morgan fingerprint density at radius 1 is 1.09 bits per heavy atom. The Morgan fingerprint density at radius 3 is 2.56 bits per heavy atom. The van der Waals surface area contributed by atoms with Crippen LogP contribution in [-0.4, -0.2) is 26.8 Å². The van der Waals surface area contributed by atoms with Crippen LogP contribution in [0.5, 0.6) is 0 Å². The fourth-order valence-corrected chi connectivity index (χ4v) is 5.56. The highest BCUT2D eigenvalue weighted by molar-refractivity contribution is 7.92. The Morgan fingerprint density at radius 2 is 1.88 bits per heavy atom. The molecule has 1 spiro atoms. The molecule has 0 unspecified atom stereocenters. The summed E-state index contributed by atoms with van der Waals surface area (Å²) in [6.07, 6.45) is 4.22. The SMILES string of the molecule is O=C1C=C(Nc2cc(NS(=O)(=O)c3ccccc3F)cc3c2NC(=O)C32CCC2)CCN1. The van der Waals surface area contributed by atoms with E-state index in [2.05, 4.69) is 20.7 Å². The van der Waals surface area contributed by atoms with E-state index in [-0.39, 0.29) is 17.5 Å². The van der Waals surface area contributed by atoms with Gasteiger partial charge >= 0.3 is 0 Å². The van der Waals surface area contributed by atoms with Crippen molar-refractivity contribution in [1.29, 1.82) is 0 Å². The van der Waals surface area contributed by atoms with Crippen LogP contribution in [0.25, 0.3) is 0 Å². The van der Waals surface area contributed by atoms with E-state index in [4.69, 9.17) is 0 Å². The second-order valence-electron chi connectivity index (χ2n) is 8.21. The van der Waals surface area contributed by atoms with E-state index >= 15 is 0 Å². The number of carbonyl (C=O) groups is 2. The van der Waals surface area contributed by atoms with Crippen molar-refractivity contribution in [3.05, 3.63) is 59.6 Å². The Balaban J connectivity index is 1.58. The Labute approximate surface area is 184 Å². The van der Waals surface area contributed by atoms with Crippen LogP contribution in [0.15, 0.2) is 53.1 Å². The molecule has 2 aliphatic heterocycles. The van der Waals surface area contributed by atoms with Crippen molar-refractivity contribution < 1.29 is 22.4 Å². The van der Waals surface area contributed by atoms with Gasteiger partial charge in [-0.3, -0.25) is 14.3 Å². The molecule has 4 N–H and O–H groups in total. The van der Waals surface area contributed by atoms with Crippen molar-refractivity contribution >= 4 is 38.9 Å². The van der Waals surface area contributed by atoms with Crippen molar-refractivity contribution in [2.24, 2.45) is 0 Å². The summed E-state index contributed by atoms with van der Waals surface area (Å²) in [6, 6.07) is 8.31. The topological polar surface area (TPSA) is 116 Å². The van der Waals surface area contributed by atoms with Crippen molar-refractivity contribution in [1.82, 2.24) is 5.32 Å². The summed E-state index contributed by atoms with van der Waals surface area (Å²) in [7, 11) is -4.20. The van der Waals surface area contributed by atoms with Gasteiger partial charge in [0, 0.05) is 24.7 Å². The molecule has 10 heteroatoms. The Kier molecular flexibility index (Phi) is 4.70. The van der Waals surface area contributed by atoms with E-state index < -0.39 is 26.2 Å². The minimum Gasteiger partial charge on any atom is -0.357 e. The molecule has 0 aromatic heterocycles. The maximum atomic E-state index is 14.1. The van der Waals surface area contributed by atoms with Crippen molar-refractivity contribution in [2.75, 3.05) is 21.9 Å². The number of benzene rings is 2. The minimum atomic E-state index is -4.20. The second-order valence-corrected chi connectivity index (χ2v) is 9.86. The molecule has 166 valence electrons. The third kappa shape index (κ3) is 3.31. The number of nitrogens with one attached hydrogen (secondary N) is 4. The molecule has 2 aromatic rings. The average molecular weight is 456 g/mol. The molecule has 0 atom stereocenters. The van der Waals surface area contributed by atoms with Gasteiger partial charge in [-0.2, -0.15) is 0 Å². The quantitative estimate of drug-likeness (QED) is 0.552. The van der Waals surface area contributed by atoms with Gasteiger partial charge in [0.15, 0.2) is 0 Å². The Hall–Kier alpha value is -3.40. The highest BCUT2D eigenvalue weighted by atomic mass is 32.2. The van der Waals surface area contributed by atoms with Gasteiger partial charge in [-0.15, -0.1) is 0 Å². The lowest BCUT2D eigenvalue weighted by Gasteiger charge is -2.36. The largest absolute Gasteiger partial charge is 0.357 e. The first-order chi connectivity index (χ1) is 15.3. The molecule has 2 heterocycles. The summed E-state index contributed by atoms with van der Waals surface area (Å²) in [5.74, 6) is -1.21. The average Bonchev–Trinajstić information content (AvgIpc) is 3.00. The van der Waals surface area contributed by atoms with E-state index in [1.54, 1.807) is 12.1 Å². The molecular formula is C22H21FN4O4S. The lowest BCUT2D eigenvalue weighted by molar-refractivity contribution is -0.123. The first-order valence-electron chi connectivity index (χ1n) is 10.3. The first-order valence-corrected chi connectivity index (χ1v) is 11.8. The van der Waals surface area contributed by atoms with Crippen molar-refractivity contribution in [2.45, 2.75) is 36.0 Å². The summed E-state index contributed by atoms with van der Waals surface area (Å²) in [5, 5.41) is 8.80. The summed E-state index contributed by atoms with van der Waals surface area (Å²) < 4.78 is 42.3. The molecule has 1 saturated carbocycles. The molecular weight excluding hydrogens is 435 g/mol. The molecule has 0 saturated heterocycles. The molecule has 1 aliphatic carbocycles. The summed E-state index contributed by atoms with van der Waals surface area (Å²) >= 11 is 0. The fraction of sp³-hybridized carbons (Fsp3) is 0.273. The van der Waals surface area contributed by atoms with E-state index in [1.165, 1.54) is 24.3 Å². The lowest BCUT2D eigenvalue weighted by atomic mass is 9.65. The number of hydrogen-bond acceptors (Lipinski definition) is 5. The number of carbonyl (C=O) groups excluding carboxylic acids is 2. The van der Waals surface area contributed by atoms with Gasteiger partial charge in [0.1, 0.15) is 10.7 Å². The number of anilines is 3. The molecule has 1 fully saturated rings. The fourth-order valence-electron chi connectivity index (χ4n) is 4.44. The molecule has 2 amide bonds. The third-order valence-corrected chi connectivity index (χ3v) is 7.62. The maximum Gasteiger partial charge on any atom is 0.264 e. The normalized spacial score (nSPS) is 18.8. The minimum absolute atomic E-state index is 0.119. The summed E-state index contributed by atoms with van der Waals surface area (Å²) in [5.41, 5.74) is 1.92. The van der Waals surface area contributed by atoms with Crippen LogP contribution in [0.4, 0.5) is 21.5 Å². The number of halogens is 1. The van der Waals surface area contributed by atoms with Crippen LogP contribution in [0.1, 0.15) is 31.2 Å². The predicted molar refractivity (Wildman–Crippen MR) is 117 cm³/mol. The van der Waals surface area contributed by atoms with Gasteiger partial charge in [0.2, 0.25) is 11.8 Å². The zero-order valence-electron chi connectivity index (χ0n) is 17.0.